The van der Waals surface area contributed by atoms with Gasteiger partial charge in [0.25, 0.3) is 5.91 Å². The second-order valence-corrected chi connectivity index (χ2v) is 16.6. The molecule has 19 heteroatoms. The standard InChI is InChI=1S/C48H58N12O7/c1-27-40(28(2)56-42(55-27)31-8-11-33(12-9-31)48(4,5)26-53)45(63)58-36(15-16-49)47(65)60(6)41-32-10-14-39(67-22-19-52)35(25-32)34-23-30(7-13-38(34)66-21-18-51)24-37(44(62)54-20-17-50)59-43(61)29(3)57-46(41)64/h7-14,23,25,29,36-37,41H,15-16,18-22,24,49,51-52H2,1-6H3,(H,54,62)(H,57,64)(H,58,63)(H,59,61). The molecule has 4 bridgehead atoms. The van der Waals surface area contributed by atoms with Gasteiger partial charge in [0.15, 0.2) is 5.82 Å². The summed E-state index contributed by atoms with van der Waals surface area (Å²) < 4.78 is 12.2. The predicted molar refractivity (Wildman–Crippen MR) is 249 cm³/mol. The summed E-state index contributed by atoms with van der Waals surface area (Å²) >= 11 is 0. The molecule has 5 rings (SSSR count). The summed E-state index contributed by atoms with van der Waals surface area (Å²) in [5.74, 6) is -2.32. The van der Waals surface area contributed by atoms with Crippen molar-refractivity contribution < 1.29 is 33.4 Å². The van der Waals surface area contributed by atoms with Gasteiger partial charge in [-0.05, 0) is 88.5 Å². The zero-order valence-corrected chi connectivity index (χ0v) is 38.6. The van der Waals surface area contributed by atoms with Crippen LogP contribution in [-0.2, 0) is 31.0 Å². The number of nitrogens with two attached hydrogens (primary N) is 3. The number of aromatic nitrogens is 2. The first-order valence-electron chi connectivity index (χ1n) is 21.8. The van der Waals surface area contributed by atoms with Gasteiger partial charge in [0.2, 0.25) is 23.6 Å². The summed E-state index contributed by atoms with van der Waals surface area (Å²) in [6, 6.07) is 16.5. The zero-order chi connectivity index (χ0) is 49.0. The van der Waals surface area contributed by atoms with Crippen molar-refractivity contribution >= 4 is 29.5 Å². The van der Waals surface area contributed by atoms with Gasteiger partial charge in [0.05, 0.1) is 34.5 Å². The third-order valence-electron chi connectivity index (χ3n) is 11.3. The second-order valence-electron chi connectivity index (χ2n) is 16.6. The number of nitriles is 2. The molecule has 4 aromatic rings. The number of aryl methyl sites for hydroxylation is 2. The molecule has 2 heterocycles. The minimum Gasteiger partial charge on any atom is -0.492 e. The number of ether oxygens (including phenoxy) is 2. The van der Waals surface area contributed by atoms with Crippen LogP contribution in [-0.4, -0.2) is 109 Å². The summed E-state index contributed by atoms with van der Waals surface area (Å²) in [4.78, 5) is 80.9. The van der Waals surface area contributed by atoms with E-state index in [2.05, 4.69) is 37.3 Å². The van der Waals surface area contributed by atoms with Gasteiger partial charge in [-0.3, -0.25) is 24.0 Å². The SMILES string of the molecule is Cc1nc(-c2ccc(C(C)(C)C#N)cc2)nc(C)c1C(=O)NC(CCN)C(=O)N(C)C1C(=O)NC(C)C(=O)NC(C(=O)NCC#N)Cc2ccc(OCCN)c(c2)-c2cc1ccc2OCCN. The van der Waals surface area contributed by atoms with Gasteiger partial charge in [-0.15, -0.1) is 0 Å². The molecule has 3 aromatic carbocycles. The molecule has 352 valence electrons. The highest BCUT2D eigenvalue weighted by atomic mass is 16.5. The smallest absolute Gasteiger partial charge is 0.255 e. The van der Waals surface area contributed by atoms with E-state index in [9.17, 15) is 29.2 Å². The van der Waals surface area contributed by atoms with Gasteiger partial charge >= 0.3 is 0 Å². The molecule has 0 aliphatic carbocycles. The van der Waals surface area contributed by atoms with Crippen LogP contribution in [0.1, 0.15) is 71.7 Å². The van der Waals surface area contributed by atoms with Crippen molar-refractivity contribution in [3.63, 3.8) is 0 Å². The lowest BCUT2D eigenvalue weighted by Crippen LogP contribution is -2.56. The number of likely N-dealkylation sites (N-methyl/N-ethyl adjacent to an activating group) is 1. The third-order valence-corrected chi connectivity index (χ3v) is 11.3. The molecule has 67 heavy (non-hydrogen) atoms. The van der Waals surface area contributed by atoms with Crippen molar-refractivity contribution in [1.29, 1.82) is 10.5 Å². The van der Waals surface area contributed by atoms with Crippen LogP contribution >= 0.6 is 0 Å². The molecular formula is C48H58N12O7. The number of nitrogens with one attached hydrogen (secondary N) is 4. The molecule has 0 fully saturated rings. The summed E-state index contributed by atoms with van der Waals surface area (Å²) in [6.07, 6.45) is -0.0297. The number of rotatable bonds is 16. The first-order chi connectivity index (χ1) is 32.0. The van der Waals surface area contributed by atoms with Crippen LogP contribution in [0.25, 0.3) is 22.5 Å². The quantitative estimate of drug-likeness (QED) is 0.0788. The maximum atomic E-state index is 14.7. The van der Waals surface area contributed by atoms with E-state index in [0.29, 0.717) is 56.5 Å². The zero-order valence-electron chi connectivity index (χ0n) is 38.6. The van der Waals surface area contributed by atoms with E-state index in [-0.39, 0.29) is 57.8 Å². The number of fused-ring (bicyclic) bond motifs is 5. The van der Waals surface area contributed by atoms with Gasteiger partial charge in [0.1, 0.15) is 55.4 Å². The van der Waals surface area contributed by atoms with E-state index in [4.69, 9.17) is 31.9 Å². The number of benzene rings is 3. The fourth-order valence-electron chi connectivity index (χ4n) is 7.63. The molecule has 10 N–H and O–H groups in total. The number of amides is 5. The fraction of sp³-hybridized carbons (Fsp3) is 0.396. The average Bonchev–Trinajstić information content (AvgIpc) is 3.31. The number of nitrogens with zero attached hydrogens (tertiary/aromatic N) is 5. The van der Waals surface area contributed by atoms with Gasteiger partial charge in [-0.2, -0.15) is 10.5 Å². The lowest BCUT2D eigenvalue weighted by Gasteiger charge is -2.32. The molecular weight excluding hydrogens is 857 g/mol. The number of hydrogen-bond acceptors (Lipinski definition) is 14. The van der Waals surface area contributed by atoms with Crippen LogP contribution in [0.3, 0.4) is 0 Å². The minimum absolute atomic E-state index is 0.00737. The first-order valence-corrected chi connectivity index (χ1v) is 21.8. The minimum atomic E-state index is -1.42. The number of hydrogen-bond donors (Lipinski definition) is 7. The topological polar surface area (TPSA) is 307 Å². The molecule has 1 aliphatic heterocycles. The van der Waals surface area contributed by atoms with Crippen molar-refractivity contribution in [3.05, 3.63) is 94.3 Å². The molecule has 0 saturated heterocycles. The van der Waals surface area contributed by atoms with E-state index in [1.165, 1.54) is 18.9 Å². The Morgan fingerprint density at radius 3 is 2.07 bits per heavy atom. The lowest BCUT2D eigenvalue weighted by molar-refractivity contribution is -0.141. The van der Waals surface area contributed by atoms with Gasteiger partial charge in [-0.1, -0.05) is 36.4 Å². The van der Waals surface area contributed by atoms with Gasteiger partial charge in [0, 0.05) is 43.2 Å². The number of carbonyl (C=O) groups is 5. The maximum absolute atomic E-state index is 14.7. The maximum Gasteiger partial charge on any atom is 0.255 e. The highest BCUT2D eigenvalue weighted by Crippen LogP contribution is 2.40. The van der Waals surface area contributed by atoms with E-state index < -0.39 is 59.1 Å². The molecule has 0 saturated carbocycles. The van der Waals surface area contributed by atoms with Crippen molar-refractivity contribution in [1.82, 2.24) is 36.1 Å². The van der Waals surface area contributed by atoms with Crippen molar-refractivity contribution in [3.8, 4) is 46.2 Å². The first kappa shape index (κ1) is 50.5. The largest absolute Gasteiger partial charge is 0.492 e. The Hall–Kier alpha value is -7.45. The Balaban J connectivity index is 1.57. The Kier molecular flexibility index (Phi) is 17.1. The van der Waals surface area contributed by atoms with Gasteiger partial charge < -0.3 is 52.8 Å². The third kappa shape index (κ3) is 12.1. The molecule has 4 unspecified atom stereocenters. The van der Waals surface area contributed by atoms with Crippen LogP contribution in [0.5, 0.6) is 11.5 Å². The highest BCUT2D eigenvalue weighted by molar-refractivity contribution is 6.00. The molecule has 1 aliphatic rings. The van der Waals surface area contributed by atoms with Gasteiger partial charge in [-0.25, -0.2) is 9.97 Å². The monoisotopic (exact) mass is 914 g/mol. The number of carbonyl (C=O) groups excluding carboxylic acids is 5. The molecule has 0 spiro atoms. The van der Waals surface area contributed by atoms with Crippen LogP contribution in [0.4, 0.5) is 0 Å². The van der Waals surface area contributed by atoms with E-state index in [0.717, 1.165) is 5.56 Å². The summed E-state index contributed by atoms with van der Waals surface area (Å²) in [5.41, 5.74) is 21.2. The van der Waals surface area contributed by atoms with Crippen molar-refractivity contribution in [2.24, 2.45) is 17.2 Å². The Morgan fingerprint density at radius 2 is 1.49 bits per heavy atom. The highest BCUT2D eigenvalue weighted by Gasteiger charge is 2.36. The van der Waals surface area contributed by atoms with Crippen molar-refractivity contribution in [2.75, 3.05) is 46.4 Å². The van der Waals surface area contributed by atoms with Crippen LogP contribution in [0.15, 0.2) is 60.7 Å². The lowest BCUT2D eigenvalue weighted by atomic mass is 9.86. The fourth-order valence-corrected chi connectivity index (χ4v) is 7.63. The van der Waals surface area contributed by atoms with E-state index in [1.54, 1.807) is 50.2 Å². The Morgan fingerprint density at radius 1 is 0.881 bits per heavy atom. The van der Waals surface area contributed by atoms with Crippen LogP contribution in [0.2, 0.25) is 0 Å². The molecule has 5 amide bonds. The molecule has 19 nitrogen and oxygen atoms in total. The Labute approximate surface area is 389 Å². The summed E-state index contributed by atoms with van der Waals surface area (Å²) in [5, 5.41) is 29.4. The molecule has 1 aromatic heterocycles. The predicted octanol–water partition coefficient (Wildman–Crippen LogP) is 1.74. The van der Waals surface area contributed by atoms with E-state index >= 15 is 0 Å². The van der Waals surface area contributed by atoms with Crippen LogP contribution in [0, 0.1) is 36.5 Å². The van der Waals surface area contributed by atoms with Crippen molar-refractivity contribution in [2.45, 2.75) is 77.0 Å². The second kappa shape index (κ2) is 22.6. The normalized spacial score (nSPS) is 16.4. The summed E-state index contributed by atoms with van der Waals surface area (Å²) in [7, 11) is 1.40. The average molecular weight is 915 g/mol. The molecule has 4 atom stereocenters. The van der Waals surface area contributed by atoms with Crippen LogP contribution < -0.4 is 47.9 Å². The molecule has 0 radical (unpaired) electrons. The summed E-state index contributed by atoms with van der Waals surface area (Å²) in [6.45, 7) is 8.69. The van der Waals surface area contributed by atoms with E-state index in [1.807, 2.05) is 44.2 Å². The Bertz CT molecular complexity index is 2550.